The Kier molecular flexibility index (Phi) is 7.15. The van der Waals surface area contributed by atoms with E-state index in [2.05, 4.69) is 15.9 Å². The third-order valence-corrected chi connectivity index (χ3v) is 3.61. The molecule has 1 aliphatic heterocycles. The Morgan fingerprint density at radius 3 is 1.85 bits per heavy atom. The lowest BCUT2D eigenvalue weighted by Gasteiger charge is -2.13. The number of carbonyl (C=O) groups excluding carboxylic acids is 1. The summed E-state index contributed by atoms with van der Waals surface area (Å²) >= 11 is 4.79. The van der Waals surface area contributed by atoms with E-state index in [1.165, 1.54) is 24.3 Å². The summed E-state index contributed by atoms with van der Waals surface area (Å²) < 4.78 is 0. The van der Waals surface area contributed by atoms with Gasteiger partial charge in [0.25, 0.3) is 0 Å². The summed E-state index contributed by atoms with van der Waals surface area (Å²) in [5, 5.41) is 0.469. The fourth-order valence-electron chi connectivity index (χ4n) is 0.759. The minimum atomic E-state index is -0.177. The molecule has 0 N–H and O–H groups in total. The van der Waals surface area contributed by atoms with E-state index in [4.69, 9.17) is 0 Å². The van der Waals surface area contributed by atoms with Crippen LogP contribution in [0.1, 0.15) is 33.6 Å². The third-order valence-electron chi connectivity index (χ3n) is 1.84. The van der Waals surface area contributed by atoms with Gasteiger partial charge in [-0.05, 0) is 24.6 Å². The summed E-state index contributed by atoms with van der Waals surface area (Å²) in [7, 11) is 0. The van der Waals surface area contributed by atoms with Crippen molar-refractivity contribution < 1.29 is 4.79 Å². The van der Waals surface area contributed by atoms with E-state index >= 15 is 0 Å². The van der Waals surface area contributed by atoms with Crippen LogP contribution in [-0.2, 0) is 16.6 Å². The number of thiol groups is 1. The number of halogens is 1. The van der Waals surface area contributed by atoms with Crippen LogP contribution in [0.15, 0.2) is 0 Å². The van der Waals surface area contributed by atoms with Crippen LogP contribution in [0.5, 0.6) is 0 Å². The fourth-order valence-corrected chi connectivity index (χ4v) is 2.72. The van der Waals surface area contributed by atoms with Gasteiger partial charge in [-0.3, -0.25) is 4.79 Å². The van der Waals surface area contributed by atoms with Gasteiger partial charge < -0.3 is 0 Å². The van der Waals surface area contributed by atoms with E-state index in [9.17, 15) is 4.79 Å². The number of ketones is 1. The molecule has 0 saturated carbocycles. The molecule has 0 amide bonds. The molecule has 3 heteroatoms. The first-order valence-corrected chi connectivity index (χ1v) is 7.09. The number of carbonyl (C=O) groups is 1. The normalized spacial score (nSPS) is 16.3. The first-order valence-electron chi connectivity index (χ1n) is 4.71. The highest BCUT2D eigenvalue weighted by atomic mass is 79.9. The van der Waals surface area contributed by atoms with Gasteiger partial charge in [0.05, 0.1) is 5.33 Å². The molecule has 78 valence electrons. The molecular formula is C10H20BrOS+. The van der Waals surface area contributed by atoms with Crippen LogP contribution in [0.25, 0.3) is 0 Å². The van der Waals surface area contributed by atoms with Crippen molar-refractivity contribution in [2.45, 2.75) is 33.6 Å². The van der Waals surface area contributed by atoms with Gasteiger partial charge in [-0.1, -0.05) is 36.7 Å². The monoisotopic (exact) mass is 267 g/mol. The molecule has 0 aromatic carbocycles. The molecule has 0 radical (unpaired) electrons. The Morgan fingerprint density at radius 2 is 1.77 bits per heavy atom. The molecule has 1 fully saturated rings. The number of rotatable bonds is 1. The highest BCUT2D eigenvalue weighted by Crippen LogP contribution is 2.14. The Morgan fingerprint density at radius 1 is 1.31 bits per heavy atom. The SMILES string of the molecule is C1CC[SH+]C1.CC(C)(C)C(=O)CBr. The lowest BCUT2D eigenvalue weighted by molar-refractivity contribution is -0.123. The maximum absolute atomic E-state index is 10.8. The smallest absolute Gasteiger partial charge is 0.148 e. The van der Waals surface area contributed by atoms with Crippen LogP contribution in [0.2, 0.25) is 0 Å². The van der Waals surface area contributed by atoms with Crippen LogP contribution < -0.4 is 0 Å². The van der Waals surface area contributed by atoms with Gasteiger partial charge in [-0.25, -0.2) is 0 Å². The largest absolute Gasteiger partial charge is 0.298 e. The van der Waals surface area contributed by atoms with Crippen LogP contribution in [0, 0.1) is 5.41 Å². The second-order valence-corrected chi connectivity index (χ2v) is 6.09. The van der Waals surface area contributed by atoms with Crippen LogP contribution in [0.4, 0.5) is 0 Å². The van der Waals surface area contributed by atoms with E-state index in [0.29, 0.717) is 5.33 Å². The molecular weight excluding hydrogens is 248 g/mol. The van der Waals surface area contributed by atoms with Gasteiger partial charge in [0.15, 0.2) is 0 Å². The zero-order chi connectivity index (χ0) is 10.3. The molecule has 1 nitrogen and oxygen atoms in total. The summed E-state index contributed by atoms with van der Waals surface area (Å²) in [6, 6.07) is 0. The minimum absolute atomic E-state index is 0.177. The highest BCUT2D eigenvalue weighted by molar-refractivity contribution is 9.09. The lowest BCUT2D eigenvalue weighted by Crippen LogP contribution is -2.20. The van der Waals surface area contributed by atoms with Crippen molar-refractivity contribution in [3.05, 3.63) is 0 Å². The molecule has 0 aliphatic carbocycles. The predicted octanol–water partition coefficient (Wildman–Crippen LogP) is 2.59. The predicted molar refractivity (Wildman–Crippen MR) is 66.0 cm³/mol. The van der Waals surface area contributed by atoms with E-state index in [1.807, 2.05) is 20.8 Å². The maximum Gasteiger partial charge on any atom is 0.148 e. The molecule has 0 unspecified atom stereocenters. The minimum Gasteiger partial charge on any atom is -0.298 e. The molecule has 0 atom stereocenters. The van der Waals surface area contributed by atoms with E-state index < -0.39 is 0 Å². The fraction of sp³-hybridized carbons (Fsp3) is 0.900. The Labute approximate surface area is 94.2 Å². The number of Topliss-reactive ketones (excluding diaryl/α,β-unsaturated/α-hetero) is 1. The van der Waals surface area contributed by atoms with E-state index in [0.717, 1.165) is 0 Å². The van der Waals surface area contributed by atoms with Gasteiger partial charge in [0.1, 0.15) is 17.3 Å². The zero-order valence-corrected chi connectivity index (χ0v) is 11.2. The maximum atomic E-state index is 10.8. The third kappa shape index (κ3) is 7.56. The van der Waals surface area contributed by atoms with Crippen molar-refractivity contribution in [1.82, 2.24) is 0 Å². The van der Waals surface area contributed by atoms with Gasteiger partial charge in [-0.2, -0.15) is 0 Å². The summed E-state index contributed by atoms with van der Waals surface area (Å²) in [4.78, 5) is 10.8. The molecule has 0 aromatic heterocycles. The van der Waals surface area contributed by atoms with Crippen LogP contribution in [0.3, 0.4) is 0 Å². The summed E-state index contributed by atoms with van der Waals surface area (Å²) in [6.45, 7) is 5.74. The van der Waals surface area contributed by atoms with Crippen molar-refractivity contribution in [2.24, 2.45) is 5.41 Å². The van der Waals surface area contributed by atoms with Gasteiger partial charge in [0, 0.05) is 5.41 Å². The second-order valence-electron chi connectivity index (χ2n) is 4.18. The molecule has 1 aliphatic rings. The molecule has 1 heterocycles. The van der Waals surface area contributed by atoms with Crippen molar-refractivity contribution in [3.63, 3.8) is 0 Å². The number of alkyl halides is 1. The van der Waals surface area contributed by atoms with Crippen LogP contribution in [-0.4, -0.2) is 22.6 Å². The Balaban J connectivity index is 0.000000243. The first kappa shape index (κ1) is 13.5. The van der Waals surface area contributed by atoms with Crippen molar-refractivity contribution >= 4 is 33.5 Å². The lowest BCUT2D eigenvalue weighted by atomic mass is 9.92. The highest BCUT2D eigenvalue weighted by Gasteiger charge is 2.18. The Hall–Kier alpha value is 0.500. The second kappa shape index (κ2) is 6.88. The van der Waals surface area contributed by atoms with Crippen molar-refractivity contribution in [3.8, 4) is 0 Å². The molecule has 0 spiro atoms. The van der Waals surface area contributed by atoms with E-state index in [-0.39, 0.29) is 11.2 Å². The quantitative estimate of drug-likeness (QED) is 0.406. The van der Waals surface area contributed by atoms with Gasteiger partial charge in [0.2, 0.25) is 0 Å². The molecule has 1 rings (SSSR count). The van der Waals surface area contributed by atoms with Crippen molar-refractivity contribution in [2.75, 3.05) is 16.8 Å². The van der Waals surface area contributed by atoms with Gasteiger partial charge in [-0.15, -0.1) is 0 Å². The zero-order valence-electron chi connectivity index (χ0n) is 8.77. The molecule has 0 bridgehead atoms. The molecule has 13 heavy (non-hydrogen) atoms. The standard InChI is InChI=1S/C6H11BrO.C4H8S/c1-6(2,3)5(8)4-7;1-2-4-5-3-1/h4H2,1-3H3;1-4H2/p+1. The number of hydrogen-bond acceptors (Lipinski definition) is 1. The topological polar surface area (TPSA) is 17.1 Å². The summed E-state index contributed by atoms with van der Waals surface area (Å²) in [5.74, 6) is 3.19. The average Bonchev–Trinajstić information content (AvgIpc) is 2.58. The summed E-state index contributed by atoms with van der Waals surface area (Å²) in [6.07, 6.45) is 2.98. The average molecular weight is 268 g/mol. The van der Waals surface area contributed by atoms with Crippen molar-refractivity contribution in [1.29, 1.82) is 0 Å². The number of hydrogen-bond donors (Lipinski definition) is 0. The first-order chi connectivity index (χ1) is 5.98. The van der Waals surface area contributed by atoms with Crippen LogP contribution >= 0.6 is 15.9 Å². The van der Waals surface area contributed by atoms with Gasteiger partial charge >= 0.3 is 0 Å². The molecule has 1 saturated heterocycles. The van der Waals surface area contributed by atoms with E-state index in [1.54, 1.807) is 11.8 Å². The summed E-state index contributed by atoms with van der Waals surface area (Å²) in [5.41, 5.74) is -0.177. The Bertz CT molecular complexity index is 140. The molecule has 0 aromatic rings.